The Bertz CT molecular complexity index is 644. The normalized spacial score (nSPS) is 18.4. The van der Waals surface area contributed by atoms with Crippen LogP contribution in [0.1, 0.15) is 47.7 Å². The molecule has 2 aromatic heterocycles. The second-order valence-corrected chi connectivity index (χ2v) is 6.05. The molecule has 0 spiro atoms. The minimum Gasteiger partial charge on any atom is -0.359 e. The predicted octanol–water partition coefficient (Wildman–Crippen LogP) is 2.71. The fourth-order valence-electron chi connectivity index (χ4n) is 2.74. The van der Waals surface area contributed by atoms with Crippen LogP contribution in [0.15, 0.2) is 21.3 Å². The summed E-state index contributed by atoms with van der Waals surface area (Å²) in [5, 5.41) is 8.14. The lowest BCUT2D eigenvalue weighted by Crippen LogP contribution is -2.32. The van der Waals surface area contributed by atoms with Gasteiger partial charge in [0.15, 0.2) is 5.76 Å². The number of nitrogens with zero attached hydrogens (tertiary/aromatic N) is 4. The van der Waals surface area contributed by atoms with E-state index in [2.05, 4.69) is 26.2 Å². The van der Waals surface area contributed by atoms with E-state index in [0.717, 1.165) is 37.3 Å². The molecule has 1 aliphatic rings. The second kappa shape index (κ2) is 5.63. The Hall–Kier alpha value is -1.63. The summed E-state index contributed by atoms with van der Waals surface area (Å²) >= 11 is 3.39. The van der Waals surface area contributed by atoms with Crippen molar-refractivity contribution < 1.29 is 9.32 Å². The van der Waals surface area contributed by atoms with E-state index in [0.29, 0.717) is 10.2 Å². The quantitative estimate of drug-likeness (QED) is 0.851. The summed E-state index contributed by atoms with van der Waals surface area (Å²) in [7, 11) is 1.77. The van der Waals surface area contributed by atoms with Crippen molar-refractivity contribution in [2.24, 2.45) is 7.05 Å². The van der Waals surface area contributed by atoms with Crippen LogP contribution in [0, 0.1) is 0 Å². The van der Waals surface area contributed by atoms with Crippen molar-refractivity contribution >= 4 is 21.8 Å². The fraction of sp³-hybridized carbons (Fsp3) is 0.500. The van der Waals surface area contributed by atoms with Gasteiger partial charge in [0.05, 0.1) is 22.4 Å². The van der Waals surface area contributed by atoms with Crippen LogP contribution in [-0.4, -0.2) is 32.3 Å². The molecule has 7 heteroatoms. The molecular weight excluding hydrogens is 336 g/mol. The van der Waals surface area contributed by atoms with Crippen LogP contribution in [0.5, 0.6) is 0 Å². The standard InChI is InChI=1S/C14H17BrN4O2/c1-3-9-7-12(21-17-9)11-5-4-6-19(11)14(20)13-10(15)8-16-18(13)2/h7-8,11H,3-6H2,1-2H3/t11-/m0/s1. The van der Waals surface area contributed by atoms with Crippen LogP contribution in [0.2, 0.25) is 0 Å². The maximum Gasteiger partial charge on any atom is 0.273 e. The second-order valence-electron chi connectivity index (χ2n) is 5.20. The molecule has 0 N–H and O–H groups in total. The third-order valence-corrected chi connectivity index (χ3v) is 4.46. The first-order valence-electron chi connectivity index (χ1n) is 7.05. The van der Waals surface area contributed by atoms with Crippen LogP contribution in [0.4, 0.5) is 0 Å². The van der Waals surface area contributed by atoms with Crippen molar-refractivity contribution in [1.29, 1.82) is 0 Å². The first-order valence-corrected chi connectivity index (χ1v) is 7.85. The molecule has 1 fully saturated rings. The minimum atomic E-state index is -0.0351. The van der Waals surface area contributed by atoms with Gasteiger partial charge < -0.3 is 9.42 Å². The van der Waals surface area contributed by atoms with E-state index in [1.54, 1.807) is 17.9 Å². The zero-order valence-electron chi connectivity index (χ0n) is 12.0. The molecule has 0 aliphatic carbocycles. The number of amides is 1. The first-order chi connectivity index (χ1) is 10.1. The topological polar surface area (TPSA) is 64.2 Å². The maximum atomic E-state index is 12.8. The van der Waals surface area contributed by atoms with Gasteiger partial charge in [-0.2, -0.15) is 5.10 Å². The predicted molar refractivity (Wildman–Crippen MR) is 79.8 cm³/mol. The molecular formula is C14H17BrN4O2. The van der Waals surface area contributed by atoms with Gasteiger partial charge in [-0.15, -0.1) is 0 Å². The SMILES string of the molecule is CCc1cc([C@@H]2CCCN2C(=O)c2c(Br)cnn2C)on1. The van der Waals surface area contributed by atoms with Gasteiger partial charge in [-0.3, -0.25) is 9.48 Å². The largest absolute Gasteiger partial charge is 0.359 e. The van der Waals surface area contributed by atoms with E-state index in [4.69, 9.17) is 4.52 Å². The molecule has 3 rings (SSSR count). The molecule has 3 heterocycles. The Kier molecular flexibility index (Phi) is 3.84. The Morgan fingerprint density at radius 3 is 3.00 bits per heavy atom. The summed E-state index contributed by atoms with van der Waals surface area (Å²) in [5.74, 6) is 0.745. The van der Waals surface area contributed by atoms with E-state index in [1.807, 2.05) is 17.9 Å². The number of aryl methyl sites for hydroxylation is 2. The highest BCUT2D eigenvalue weighted by atomic mass is 79.9. The summed E-state index contributed by atoms with van der Waals surface area (Å²) in [4.78, 5) is 14.6. The molecule has 2 aromatic rings. The summed E-state index contributed by atoms with van der Waals surface area (Å²) in [5.41, 5.74) is 1.49. The third kappa shape index (κ3) is 2.50. The Labute approximate surface area is 131 Å². The van der Waals surface area contributed by atoms with Gasteiger partial charge >= 0.3 is 0 Å². The lowest BCUT2D eigenvalue weighted by molar-refractivity contribution is 0.0702. The third-order valence-electron chi connectivity index (χ3n) is 3.88. The van der Waals surface area contributed by atoms with Gasteiger partial charge in [-0.1, -0.05) is 12.1 Å². The van der Waals surface area contributed by atoms with Crippen molar-refractivity contribution in [3.63, 3.8) is 0 Å². The van der Waals surface area contributed by atoms with E-state index in [1.165, 1.54) is 0 Å². The van der Waals surface area contributed by atoms with Gasteiger partial charge in [0.2, 0.25) is 0 Å². The Balaban J connectivity index is 1.88. The fourth-order valence-corrected chi connectivity index (χ4v) is 3.26. The Morgan fingerprint density at radius 1 is 1.57 bits per heavy atom. The summed E-state index contributed by atoms with van der Waals surface area (Å²) in [6, 6.07) is 1.92. The van der Waals surface area contributed by atoms with E-state index < -0.39 is 0 Å². The van der Waals surface area contributed by atoms with E-state index in [9.17, 15) is 4.79 Å². The summed E-state index contributed by atoms with van der Waals surface area (Å²) < 4.78 is 7.73. The highest BCUT2D eigenvalue weighted by Gasteiger charge is 2.35. The number of likely N-dealkylation sites (tertiary alicyclic amines) is 1. The highest BCUT2D eigenvalue weighted by molar-refractivity contribution is 9.10. The van der Waals surface area contributed by atoms with Crippen molar-refractivity contribution in [2.45, 2.75) is 32.2 Å². The molecule has 0 unspecified atom stereocenters. The zero-order chi connectivity index (χ0) is 15.0. The molecule has 1 amide bonds. The van der Waals surface area contributed by atoms with Crippen molar-refractivity contribution in [3.05, 3.63) is 33.9 Å². The van der Waals surface area contributed by atoms with E-state index in [-0.39, 0.29) is 11.9 Å². The van der Waals surface area contributed by atoms with Gasteiger partial charge in [0.25, 0.3) is 5.91 Å². The molecule has 6 nitrogen and oxygen atoms in total. The summed E-state index contributed by atoms with van der Waals surface area (Å²) in [6.07, 6.45) is 4.34. The smallest absolute Gasteiger partial charge is 0.273 e. The van der Waals surface area contributed by atoms with Crippen LogP contribution in [0.3, 0.4) is 0 Å². The zero-order valence-corrected chi connectivity index (χ0v) is 13.6. The van der Waals surface area contributed by atoms with Gasteiger partial charge in [0.1, 0.15) is 5.69 Å². The molecule has 1 atom stereocenters. The van der Waals surface area contributed by atoms with Crippen LogP contribution in [-0.2, 0) is 13.5 Å². The number of carbonyl (C=O) groups is 1. The molecule has 1 saturated heterocycles. The molecule has 1 aliphatic heterocycles. The first kappa shape index (κ1) is 14.3. The number of rotatable bonds is 3. The number of aromatic nitrogens is 3. The number of halogens is 1. The average molecular weight is 353 g/mol. The van der Waals surface area contributed by atoms with Crippen LogP contribution >= 0.6 is 15.9 Å². The molecule has 21 heavy (non-hydrogen) atoms. The lowest BCUT2D eigenvalue weighted by Gasteiger charge is -2.22. The number of carbonyl (C=O) groups excluding carboxylic acids is 1. The molecule has 112 valence electrons. The van der Waals surface area contributed by atoms with Crippen molar-refractivity contribution in [3.8, 4) is 0 Å². The molecule has 0 aromatic carbocycles. The van der Waals surface area contributed by atoms with Gasteiger partial charge in [-0.25, -0.2) is 0 Å². The monoisotopic (exact) mass is 352 g/mol. The van der Waals surface area contributed by atoms with Gasteiger partial charge in [-0.05, 0) is 35.2 Å². The lowest BCUT2D eigenvalue weighted by atomic mass is 10.1. The highest BCUT2D eigenvalue weighted by Crippen LogP contribution is 2.34. The number of hydrogen-bond donors (Lipinski definition) is 0. The molecule has 0 radical (unpaired) electrons. The molecule has 0 saturated carbocycles. The van der Waals surface area contributed by atoms with Crippen LogP contribution in [0.25, 0.3) is 0 Å². The van der Waals surface area contributed by atoms with Crippen molar-refractivity contribution in [2.75, 3.05) is 6.54 Å². The average Bonchev–Trinajstić information content (AvgIpc) is 3.17. The Morgan fingerprint density at radius 2 is 2.38 bits per heavy atom. The van der Waals surface area contributed by atoms with E-state index >= 15 is 0 Å². The van der Waals surface area contributed by atoms with Crippen molar-refractivity contribution in [1.82, 2.24) is 19.8 Å². The summed E-state index contributed by atoms with van der Waals surface area (Å²) in [6.45, 7) is 2.76. The van der Waals surface area contributed by atoms with Crippen LogP contribution < -0.4 is 0 Å². The minimum absolute atomic E-state index is 0.0289. The number of hydrogen-bond acceptors (Lipinski definition) is 4. The maximum absolute atomic E-state index is 12.8. The molecule has 0 bridgehead atoms. The van der Waals surface area contributed by atoms with Gasteiger partial charge in [0, 0.05) is 19.7 Å².